The van der Waals surface area contributed by atoms with Crippen LogP contribution in [0.15, 0.2) is 34.8 Å². The summed E-state index contributed by atoms with van der Waals surface area (Å²) in [6.07, 6.45) is 0. The van der Waals surface area contributed by atoms with E-state index in [1.807, 2.05) is 55.8 Å². The quantitative estimate of drug-likeness (QED) is 0.928. The SMILES string of the molecule is Cc1cc(C)n(C[C@H](C)C(=O)Nc2ccccc2Br)n1. The van der Waals surface area contributed by atoms with Crippen LogP contribution in [0.4, 0.5) is 5.69 Å². The summed E-state index contributed by atoms with van der Waals surface area (Å²) < 4.78 is 2.76. The van der Waals surface area contributed by atoms with Crippen LogP contribution in [0.5, 0.6) is 0 Å². The topological polar surface area (TPSA) is 46.9 Å². The first-order valence-electron chi connectivity index (χ1n) is 6.54. The molecule has 4 nitrogen and oxygen atoms in total. The minimum atomic E-state index is -0.153. The van der Waals surface area contributed by atoms with E-state index in [1.165, 1.54) is 0 Å². The predicted molar refractivity (Wildman–Crippen MR) is 83.6 cm³/mol. The maximum absolute atomic E-state index is 12.2. The first-order chi connectivity index (χ1) is 9.47. The number of nitrogens with zero attached hydrogens (tertiary/aromatic N) is 2. The molecule has 1 N–H and O–H groups in total. The maximum atomic E-state index is 12.2. The summed E-state index contributed by atoms with van der Waals surface area (Å²) >= 11 is 3.42. The smallest absolute Gasteiger partial charge is 0.229 e. The van der Waals surface area contributed by atoms with Gasteiger partial charge in [0.2, 0.25) is 5.91 Å². The van der Waals surface area contributed by atoms with E-state index < -0.39 is 0 Å². The predicted octanol–water partition coefficient (Wildman–Crippen LogP) is 3.54. The minimum Gasteiger partial charge on any atom is -0.325 e. The van der Waals surface area contributed by atoms with Crippen LogP contribution >= 0.6 is 15.9 Å². The van der Waals surface area contributed by atoms with Crippen molar-refractivity contribution in [2.75, 3.05) is 5.32 Å². The minimum absolute atomic E-state index is 0.00977. The zero-order chi connectivity index (χ0) is 14.7. The Morgan fingerprint density at radius 2 is 2.10 bits per heavy atom. The number of para-hydroxylation sites is 1. The summed E-state index contributed by atoms with van der Waals surface area (Å²) in [4.78, 5) is 12.2. The van der Waals surface area contributed by atoms with Crippen LogP contribution in [0.2, 0.25) is 0 Å². The van der Waals surface area contributed by atoms with Crippen molar-refractivity contribution in [2.45, 2.75) is 27.3 Å². The molecule has 106 valence electrons. The number of halogens is 1. The Morgan fingerprint density at radius 1 is 1.40 bits per heavy atom. The summed E-state index contributed by atoms with van der Waals surface area (Å²) in [6.45, 7) is 6.44. The fourth-order valence-corrected chi connectivity index (χ4v) is 2.40. The lowest BCUT2D eigenvalue weighted by Gasteiger charge is -2.14. The van der Waals surface area contributed by atoms with Gasteiger partial charge >= 0.3 is 0 Å². The second-order valence-corrected chi connectivity index (χ2v) is 5.83. The third-order valence-electron chi connectivity index (χ3n) is 3.13. The van der Waals surface area contributed by atoms with Crippen molar-refractivity contribution >= 4 is 27.5 Å². The Labute approximate surface area is 127 Å². The normalized spacial score (nSPS) is 12.2. The van der Waals surface area contributed by atoms with Gasteiger partial charge in [-0.25, -0.2) is 0 Å². The third-order valence-corrected chi connectivity index (χ3v) is 3.82. The van der Waals surface area contributed by atoms with Crippen LogP contribution in [-0.4, -0.2) is 15.7 Å². The maximum Gasteiger partial charge on any atom is 0.229 e. The molecule has 0 unspecified atom stereocenters. The van der Waals surface area contributed by atoms with Crippen LogP contribution in [0.1, 0.15) is 18.3 Å². The molecule has 0 fully saturated rings. The Balaban J connectivity index is 2.02. The van der Waals surface area contributed by atoms with Gasteiger partial charge in [0.25, 0.3) is 0 Å². The number of benzene rings is 1. The average molecular weight is 336 g/mol. The monoisotopic (exact) mass is 335 g/mol. The number of aryl methyl sites for hydroxylation is 2. The highest BCUT2D eigenvalue weighted by atomic mass is 79.9. The summed E-state index contributed by atoms with van der Waals surface area (Å²) in [5.41, 5.74) is 2.83. The summed E-state index contributed by atoms with van der Waals surface area (Å²) in [5, 5.41) is 7.31. The van der Waals surface area contributed by atoms with E-state index in [0.717, 1.165) is 21.5 Å². The van der Waals surface area contributed by atoms with E-state index in [4.69, 9.17) is 0 Å². The number of hydrogen-bond donors (Lipinski definition) is 1. The molecule has 1 amide bonds. The molecule has 5 heteroatoms. The lowest BCUT2D eigenvalue weighted by atomic mass is 10.1. The molecule has 0 saturated carbocycles. The number of carbonyl (C=O) groups is 1. The van der Waals surface area contributed by atoms with E-state index in [9.17, 15) is 4.79 Å². The standard InChI is InChI=1S/C15H18BrN3O/c1-10(9-19-12(3)8-11(2)18-19)15(20)17-14-7-5-4-6-13(14)16/h4-8,10H,9H2,1-3H3,(H,17,20)/t10-/m0/s1. The summed E-state index contributed by atoms with van der Waals surface area (Å²) in [6, 6.07) is 9.60. The molecule has 1 heterocycles. The van der Waals surface area contributed by atoms with Crippen molar-refractivity contribution in [2.24, 2.45) is 5.92 Å². The summed E-state index contributed by atoms with van der Waals surface area (Å²) in [5.74, 6) is -0.162. The van der Waals surface area contributed by atoms with Crippen LogP contribution in [0.25, 0.3) is 0 Å². The molecular weight excluding hydrogens is 318 g/mol. The van der Waals surface area contributed by atoms with E-state index in [-0.39, 0.29) is 11.8 Å². The lowest BCUT2D eigenvalue weighted by Crippen LogP contribution is -2.25. The number of amides is 1. The molecule has 0 aliphatic heterocycles. The number of hydrogen-bond acceptors (Lipinski definition) is 2. The van der Waals surface area contributed by atoms with E-state index in [2.05, 4.69) is 26.3 Å². The molecule has 1 aromatic heterocycles. The van der Waals surface area contributed by atoms with Crippen molar-refractivity contribution in [1.29, 1.82) is 0 Å². The average Bonchev–Trinajstić information content (AvgIpc) is 2.70. The van der Waals surface area contributed by atoms with Crippen molar-refractivity contribution in [3.05, 3.63) is 46.2 Å². The Bertz CT molecular complexity index is 621. The molecule has 0 bridgehead atoms. The van der Waals surface area contributed by atoms with Gasteiger partial charge in [0.15, 0.2) is 0 Å². The number of aromatic nitrogens is 2. The van der Waals surface area contributed by atoms with Crippen molar-refractivity contribution in [3.8, 4) is 0 Å². The Morgan fingerprint density at radius 3 is 2.70 bits per heavy atom. The molecule has 2 rings (SSSR count). The zero-order valence-electron chi connectivity index (χ0n) is 11.9. The highest BCUT2D eigenvalue weighted by Crippen LogP contribution is 2.22. The Kier molecular flexibility index (Phi) is 4.60. The van der Waals surface area contributed by atoms with Gasteiger partial charge in [-0.3, -0.25) is 9.48 Å². The van der Waals surface area contributed by atoms with Crippen molar-refractivity contribution < 1.29 is 4.79 Å². The van der Waals surface area contributed by atoms with Crippen LogP contribution in [0.3, 0.4) is 0 Å². The van der Waals surface area contributed by atoms with Gasteiger partial charge in [-0.05, 0) is 48.0 Å². The van der Waals surface area contributed by atoms with Gasteiger partial charge < -0.3 is 5.32 Å². The third kappa shape index (κ3) is 3.48. The van der Waals surface area contributed by atoms with Gasteiger partial charge in [0, 0.05) is 10.2 Å². The molecule has 1 aromatic carbocycles. The highest BCUT2D eigenvalue weighted by molar-refractivity contribution is 9.10. The highest BCUT2D eigenvalue weighted by Gasteiger charge is 2.16. The zero-order valence-corrected chi connectivity index (χ0v) is 13.4. The Hall–Kier alpha value is -1.62. The molecule has 20 heavy (non-hydrogen) atoms. The molecule has 0 aliphatic rings. The van der Waals surface area contributed by atoms with Crippen LogP contribution < -0.4 is 5.32 Å². The molecular formula is C15H18BrN3O. The van der Waals surface area contributed by atoms with Gasteiger partial charge in [-0.1, -0.05) is 19.1 Å². The molecule has 0 radical (unpaired) electrons. The largest absolute Gasteiger partial charge is 0.325 e. The number of rotatable bonds is 4. The second-order valence-electron chi connectivity index (χ2n) is 4.98. The van der Waals surface area contributed by atoms with Gasteiger partial charge in [-0.15, -0.1) is 0 Å². The number of nitrogens with one attached hydrogen (secondary N) is 1. The first-order valence-corrected chi connectivity index (χ1v) is 7.33. The van der Waals surface area contributed by atoms with E-state index in [1.54, 1.807) is 0 Å². The molecule has 0 spiro atoms. The molecule has 1 atom stereocenters. The van der Waals surface area contributed by atoms with Crippen molar-refractivity contribution in [3.63, 3.8) is 0 Å². The fourth-order valence-electron chi connectivity index (χ4n) is 2.02. The lowest BCUT2D eigenvalue weighted by molar-refractivity contribution is -0.119. The molecule has 2 aromatic rings. The van der Waals surface area contributed by atoms with E-state index in [0.29, 0.717) is 6.54 Å². The fraction of sp³-hybridized carbons (Fsp3) is 0.333. The van der Waals surface area contributed by atoms with Crippen LogP contribution in [-0.2, 0) is 11.3 Å². The van der Waals surface area contributed by atoms with Crippen molar-refractivity contribution in [1.82, 2.24) is 9.78 Å². The second kappa shape index (κ2) is 6.22. The molecule has 0 saturated heterocycles. The van der Waals surface area contributed by atoms with E-state index >= 15 is 0 Å². The van der Waals surface area contributed by atoms with Gasteiger partial charge in [-0.2, -0.15) is 5.10 Å². The van der Waals surface area contributed by atoms with Crippen LogP contribution in [0, 0.1) is 19.8 Å². The van der Waals surface area contributed by atoms with Gasteiger partial charge in [0.05, 0.1) is 23.8 Å². The molecule has 0 aliphatic carbocycles. The number of anilines is 1. The number of carbonyl (C=O) groups excluding carboxylic acids is 1. The van der Waals surface area contributed by atoms with Gasteiger partial charge in [0.1, 0.15) is 0 Å². The first kappa shape index (κ1) is 14.8. The summed E-state index contributed by atoms with van der Waals surface area (Å²) in [7, 11) is 0.